The molecule has 1 aromatic carbocycles. The first kappa shape index (κ1) is 11.6. The largest absolute Gasteiger partial charge is 0.126 e. The van der Waals surface area contributed by atoms with Crippen LogP contribution < -0.4 is 0 Å². The van der Waals surface area contributed by atoms with Gasteiger partial charge in [0.25, 0.3) is 0 Å². The number of aryl methyl sites for hydroxylation is 1. The van der Waals surface area contributed by atoms with Crippen LogP contribution in [0.2, 0.25) is 0 Å². The quantitative estimate of drug-likeness (QED) is 0.518. The van der Waals surface area contributed by atoms with Crippen molar-refractivity contribution in [1.29, 1.82) is 0 Å². The zero-order valence-electron chi connectivity index (χ0n) is 9.68. The monoisotopic (exact) mass is 208 g/mol. The molecule has 1 aromatic rings. The molecule has 78 valence electrons. The van der Waals surface area contributed by atoms with Crippen LogP contribution in [-0.4, -0.2) is 5.75 Å². The molecule has 0 saturated carbocycles. The normalized spacial score (nSPS) is 10.6. The van der Waals surface area contributed by atoms with Crippen molar-refractivity contribution in [2.24, 2.45) is 0 Å². The minimum absolute atomic E-state index is 1.25. The number of benzene rings is 1. The zero-order chi connectivity index (χ0) is 10.6. The third kappa shape index (κ3) is 2.78. The van der Waals surface area contributed by atoms with E-state index in [1.807, 2.05) is 11.8 Å². The highest BCUT2D eigenvalue weighted by atomic mass is 32.2. The summed E-state index contributed by atoms with van der Waals surface area (Å²) in [6.45, 7) is 8.88. The van der Waals surface area contributed by atoms with Gasteiger partial charge in [-0.15, -0.1) is 11.8 Å². The van der Waals surface area contributed by atoms with Gasteiger partial charge in [-0.3, -0.25) is 0 Å². The van der Waals surface area contributed by atoms with Gasteiger partial charge >= 0.3 is 0 Å². The molecule has 0 fully saturated rings. The van der Waals surface area contributed by atoms with Crippen LogP contribution >= 0.6 is 11.8 Å². The Labute approximate surface area is 92.1 Å². The van der Waals surface area contributed by atoms with Crippen LogP contribution in [0.1, 0.15) is 36.5 Å². The minimum Gasteiger partial charge on any atom is -0.126 e. The minimum atomic E-state index is 1.25. The molecule has 0 amide bonds. The average molecular weight is 208 g/mol. The first-order valence-corrected chi connectivity index (χ1v) is 6.35. The van der Waals surface area contributed by atoms with Crippen molar-refractivity contribution in [2.45, 2.75) is 45.4 Å². The highest BCUT2D eigenvalue weighted by molar-refractivity contribution is 7.99. The van der Waals surface area contributed by atoms with Gasteiger partial charge in [-0.25, -0.2) is 0 Å². The summed E-state index contributed by atoms with van der Waals surface area (Å²) in [6, 6.07) is 4.49. The van der Waals surface area contributed by atoms with Crippen LogP contribution in [-0.2, 0) is 0 Å². The fourth-order valence-corrected chi connectivity index (χ4v) is 2.60. The van der Waals surface area contributed by atoms with Crippen LogP contribution in [0.5, 0.6) is 0 Å². The maximum Gasteiger partial charge on any atom is 0.0104 e. The average Bonchev–Trinajstić information content (AvgIpc) is 2.18. The van der Waals surface area contributed by atoms with Crippen molar-refractivity contribution >= 4 is 11.8 Å². The van der Waals surface area contributed by atoms with E-state index in [-0.39, 0.29) is 0 Å². The van der Waals surface area contributed by atoms with Crippen LogP contribution in [0, 0.1) is 20.8 Å². The topological polar surface area (TPSA) is 0 Å². The van der Waals surface area contributed by atoms with Crippen molar-refractivity contribution in [3.63, 3.8) is 0 Å². The molecule has 0 saturated heterocycles. The summed E-state index contributed by atoms with van der Waals surface area (Å²) in [6.07, 6.45) is 2.61. The summed E-state index contributed by atoms with van der Waals surface area (Å²) >= 11 is 1.99. The summed E-state index contributed by atoms with van der Waals surface area (Å²) in [7, 11) is 0. The smallest absolute Gasteiger partial charge is 0.0104 e. The third-order valence-electron chi connectivity index (χ3n) is 2.76. The van der Waals surface area contributed by atoms with Crippen LogP contribution in [0.3, 0.4) is 0 Å². The Morgan fingerprint density at radius 2 is 1.79 bits per heavy atom. The lowest BCUT2D eigenvalue weighted by atomic mass is 10.1. The molecule has 0 aliphatic carbocycles. The Morgan fingerprint density at radius 3 is 2.43 bits per heavy atom. The molecule has 14 heavy (non-hydrogen) atoms. The maximum atomic E-state index is 2.26. The van der Waals surface area contributed by atoms with Gasteiger partial charge < -0.3 is 0 Å². The molecule has 0 aromatic heterocycles. The lowest BCUT2D eigenvalue weighted by Crippen LogP contribution is -1.90. The van der Waals surface area contributed by atoms with Crippen molar-refractivity contribution in [3.8, 4) is 0 Å². The molecular formula is C13H20S. The van der Waals surface area contributed by atoms with Crippen molar-refractivity contribution in [3.05, 3.63) is 28.8 Å². The molecule has 0 spiro atoms. The highest BCUT2D eigenvalue weighted by Crippen LogP contribution is 2.27. The van der Waals surface area contributed by atoms with Crippen molar-refractivity contribution in [1.82, 2.24) is 0 Å². The van der Waals surface area contributed by atoms with E-state index in [4.69, 9.17) is 0 Å². The van der Waals surface area contributed by atoms with Gasteiger partial charge in [0.05, 0.1) is 0 Å². The molecule has 0 bridgehead atoms. The molecule has 0 aliphatic heterocycles. The lowest BCUT2D eigenvalue weighted by molar-refractivity contribution is 0.896. The molecule has 0 atom stereocenters. The first-order valence-electron chi connectivity index (χ1n) is 5.36. The SMILES string of the molecule is CCCCSc1ccc(C)c(C)c1C. The number of unbranched alkanes of at least 4 members (excludes halogenated alkanes) is 1. The van der Waals surface area contributed by atoms with Gasteiger partial charge in [0, 0.05) is 4.90 Å². The first-order chi connectivity index (χ1) is 6.66. The zero-order valence-corrected chi connectivity index (χ0v) is 10.5. The van der Waals surface area contributed by atoms with Gasteiger partial charge in [0.15, 0.2) is 0 Å². The van der Waals surface area contributed by atoms with E-state index in [0.29, 0.717) is 0 Å². The van der Waals surface area contributed by atoms with E-state index in [1.54, 1.807) is 0 Å². The summed E-state index contributed by atoms with van der Waals surface area (Å²) in [5, 5.41) is 0. The maximum absolute atomic E-state index is 2.26. The second-order valence-electron chi connectivity index (χ2n) is 3.83. The van der Waals surface area contributed by atoms with E-state index in [1.165, 1.54) is 40.2 Å². The fourth-order valence-electron chi connectivity index (χ4n) is 1.41. The molecule has 0 unspecified atom stereocenters. The molecule has 0 heterocycles. The Hall–Kier alpha value is -0.430. The highest BCUT2D eigenvalue weighted by Gasteiger charge is 2.03. The van der Waals surface area contributed by atoms with Gasteiger partial charge in [0.2, 0.25) is 0 Å². The molecule has 1 rings (SSSR count). The van der Waals surface area contributed by atoms with Crippen LogP contribution in [0.25, 0.3) is 0 Å². The van der Waals surface area contributed by atoms with Gasteiger partial charge in [-0.1, -0.05) is 19.4 Å². The van der Waals surface area contributed by atoms with E-state index in [9.17, 15) is 0 Å². The van der Waals surface area contributed by atoms with Crippen LogP contribution in [0.15, 0.2) is 17.0 Å². The molecule has 0 aliphatic rings. The Balaban J connectivity index is 2.73. The number of hydrogen-bond acceptors (Lipinski definition) is 1. The van der Waals surface area contributed by atoms with Crippen molar-refractivity contribution in [2.75, 3.05) is 5.75 Å². The second-order valence-corrected chi connectivity index (χ2v) is 4.97. The van der Waals surface area contributed by atoms with E-state index < -0.39 is 0 Å². The third-order valence-corrected chi connectivity index (χ3v) is 4.01. The number of hydrogen-bond donors (Lipinski definition) is 0. The Kier molecular flexibility index (Phi) is 4.53. The van der Waals surface area contributed by atoms with E-state index in [0.717, 1.165) is 0 Å². The standard InChI is InChI=1S/C13H20S/c1-5-6-9-14-13-8-7-10(2)11(3)12(13)4/h7-8H,5-6,9H2,1-4H3. The Bertz CT molecular complexity index is 302. The molecule has 1 heteroatoms. The summed E-state index contributed by atoms with van der Waals surface area (Å²) in [5.41, 5.74) is 4.32. The summed E-state index contributed by atoms with van der Waals surface area (Å²) in [5.74, 6) is 1.25. The Morgan fingerprint density at radius 1 is 1.07 bits per heavy atom. The predicted octanol–water partition coefficient (Wildman–Crippen LogP) is 4.50. The van der Waals surface area contributed by atoms with E-state index >= 15 is 0 Å². The molecule has 0 nitrogen and oxygen atoms in total. The summed E-state index contributed by atoms with van der Waals surface area (Å²) < 4.78 is 0. The van der Waals surface area contributed by atoms with Gasteiger partial charge in [0.1, 0.15) is 0 Å². The van der Waals surface area contributed by atoms with Crippen LogP contribution in [0.4, 0.5) is 0 Å². The van der Waals surface area contributed by atoms with Gasteiger partial charge in [-0.2, -0.15) is 0 Å². The van der Waals surface area contributed by atoms with Crippen molar-refractivity contribution < 1.29 is 0 Å². The summed E-state index contributed by atoms with van der Waals surface area (Å²) in [4.78, 5) is 1.46. The van der Waals surface area contributed by atoms with Gasteiger partial charge in [-0.05, 0) is 55.7 Å². The molecule has 0 radical (unpaired) electrons. The fraction of sp³-hybridized carbons (Fsp3) is 0.538. The van der Waals surface area contributed by atoms with E-state index in [2.05, 4.69) is 39.8 Å². The number of thioether (sulfide) groups is 1. The number of rotatable bonds is 4. The lowest BCUT2D eigenvalue weighted by Gasteiger charge is -2.10. The second kappa shape index (κ2) is 5.45. The molecule has 0 N–H and O–H groups in total. The predicted molar refractivity (Wildman–Crippen MR) is 66.3 cm³/mol. The molecular weight excluding hydrogens is 188 g/mol.